The van der Waals surface area contributed by atoms with Gasteiger partial charge in [0.05, 0.1) is 15.2 Å². The van der Waals surface area contributed by atoms with E-state index in [1.807, 2.05) is 42.0 Å². The quantitative estimate of drug-likeness (QED) is 0.231. The maximum atomic E-state index is 11.9. The monoisotopic (exact) mass is 462 g/mol. The Bertz CT molecular complexity index is 1440. The van der Waals surface area contributed by atoms with Crippen LogP contribution in [0.5, 0.6) is 0 Å². The van der Waals surface area contributed by atoms with Gasteiger partial charge in [-0.05, 0) is 68.5 Å². The molecule has 0 saturated heterocycles. The Morgan fingerprint density at radius 1 is 1.18 bits per heavy atom. The molecule has 0 aliphatic rings. The van der Waals surface area contributed by atoms with E-state index in [0.717, 1.165) is 33.7 Å². The number of aliphatic hydroxyl groups is 1. The highest BCUT2D eigenvalue weighted by Gasteiger charge is 2.15. The first-order valence-corrected chi connectivity index (χ1v) is 12.2. The topological polar surface area (TPSA) is 116 Å². The molecule has 0 fully saturated rings. The number of rotatable bonds is 7. The molecule has 0 aliphatic heterocycles. The van der Waals surface area contributed by atoms with E-state index in [1.165, 1.54) is 12.3 Å². The van der Waals surface area contributed by atoms with Gasteiger partial charge < -0.3 is 20.3 Å². The molecule has 8 nitrogen and oxygen atoms in total. The molecule has 4 N–H and O–H groups in total. The van der Waals surface area contributed by atoms with Crippen molar-refractivity contribution in [2.75, 3.05) is 16.9 Å². The van der Waals surface area contributed by atoms with Crippen LogP contribution >= 0.6 is 0 Å². The number of nitrogens with zero attached hydrogens (tertiary/aromatic N) is 3. The second-order valence-corrected chi connectivity index (χ2v) is 10.3. The molecule has 0 saturated carbocycles. The van der Waals surface area contributed by atoms with E-state index in [1.54, 1.807) is 37.4 Å². The van der Waals surface area contributed by atoms with Crippen LogP contribution in [0.1, 0.15) is 12.5 Å². The summed E-state index contributed by atoms with van der Waals surface area (Å²) in [5, 5.41) is 17.4. The molecule has 0 spiro atoms. The Morgan fingerprint density at radius 3 is 2.55 bits per heavy atom. The van der Waals surface area contributed by atoms with Gasteiger partial charge in [0.2, 0.25) is 5.95 Å². The zero-order valence-electron chi connectivity index (χ0n) is 18.7. The molecule has 2 heterocycles. The van der Waals surface area contributed by atoms with Crippen LogP contribution in [0.4, 0.5) is 17.3 Å². The van der Waals surface area contributed by atoms with Crippen LogP contribution in [0.25, 0.3) is 16.7 Å². The molecule has 0 radical (unpaired) electrons. The third-order valence-corrected chi connectivity index (χ3v) is 6.39. The fraction of sp³-hybridized carbons (Fsp3) is 0.167. The van der Waals surface area contributed by atoms with E-state index >= 15 is 0 Å². The molecular formula is C24H26N6O2S. The summed E-state index contributed by atoms with van der Waals surface area (Å²) in [5.41, 5.74) is 2.18. The highest BCUT2D eigenvalue weighted by Crippen LogP contribution is 2.26. The third-order valence-electron chi connectivity index (χ3n) is 5.22. The molecule has 0 bridgehead atoms. The predicted octanol–water partition coefficient (Wildman–Crippen LogP) is 4.81. The van der Waals surface area contributed by atoms with Crippen LogP contribution in [0, 0.1) is 11.7 Å². The van der Waals surface area contributed by atoms with Crippen molar-refractivity contribution >= 4 is 38.0 Å². The summed E-state index contributed by atoms with van der Waals surface area (Å²) >= 11 is 0. The molecule has 2 aromatic heterocycles. The van der Waals surface area contributed by atoms with Gasteiger partial charge in [-0.3, -0.25) is 0 Å². The first kappa shape index (κ1) is 22.5. The lowest BCUT2D eigenvalue weighted by Gasteiger charge is -2.21. The zero-order chi connectivity index (χ0) is 23.8. The molecular weight excluding hydrogens is 436 g/mol. The van der Waals surface area contributed by atoms with Crippen molar-refractivity contribution in [3.8, 4) is 5.82 Å². The Hall–Kier alpha value is -3.69. The summed E-state index contributed by atoms with van der Waals surface area (Å²) in [6.07, 6.45) is 6.54. The number of hydrogen-bond acceptors (Lipinski definition) is 7. The van der Waals surface area contributed by atoms with Gasteiger partial charge in [-0.25, -0.2) is 14.0 Å². The number of benzene rings is 2. The Morgan fingerprint density at radius 2 is 1.88 bits per heavy atom. The lowest BCUT2D eigenvalue weighted by Crippen LogP contribution is -2.31. The summed E-state index contributed by atoms with van der Waals surface area (Å²) in [7, 11) is -2.76. The van der Waals surface area contributed by atoms with Gasteiger partial charge in [0, 0.05) is 45.9 Å². The van der Waals surface area contributed by atoms with Gasteiger partial charge in [-0.15, -0.1) is 0 Å². The van der Waals surface area contributed by atoms with E-state index in [9.17, 15) is 9.32 Å². The van der Waals surface area contributed by atoms with Crippen LogP contribution in [-0.2, 0) is 9.73 Å². The number of aryl methyl sites for hydroxylation is 1. The molecule has 4 rings (SSSR count). The zero-order valence-corrected chi connectivity index (χ0v) is 19.5. The summed E-state index contributed by atoms with van der Waals surface area (Å²) < 4.78 is 21.6. The second kappa shape index (κ2) is 8.34. The van der Waals surface area contributed by atoms with Crippen molar-refractivity contribution in [1.82, 2.24) is 14.5 Å². The molecule has 33 heavy (non-hydrogen) atoms. The highest BCUT2D eigenvalue weighted by molar-refractivity contribution is 7.91. The standard InChI is InChI=1S/C24H26N6O2S/c1-5-24(3,31)29-19-8-11-21-17(14-19)12-13-30(21)22-16(2)15-26-23(28-22)27-18-6-9-20(10-7-18)33(4,25)32/h5-15,25,29,31H,1H2,2-4H3,(H,26,27,28). The molecule has 2 aromatic carbocycles. The van der Waals surface area contributed by atoms with E-state index in [4.69, 9.17) is 9.76 Å². The van der Waals surface area contributed by atoms with Gasteiger partial charge in [-0.2, -0.15) is 4.98 Å². The molecule has 170 valence electrons. The molecule has 2 atom stereocenters. The lowest BCUT2D eigenvalue weighted by atomic mass is 10.2. The first-order valence-electron chi connectivity index (χ1n) is 10.3. The van der Waals surface area contributed by atoms with Gasteiger partial charge >= 0.3 is 0 Å². The predicted molar refractivity (Wildman–Crippen MR) is 133 cm³/mol. The van der Waals surface area contributed by atoms with Crippen molar-refractivity contribution in [1.29, 1.82) is 4.78 Å². The minimum Gasteiger partial charge on any atom is -0.368 e. The van der Waals surface area contributed by atoms with Crippen molar-refractivity contribution in [2.24, 2.45) is 0 Å². The average molecular weight is 463 g/mol. The number of fused-ring (bicyclic) bond motifs is 1. The minimum atomic E-state index is -2.76. The van der Waals surface area contributed by atoms with Gasteiger partial charge in [0.25, 0.3) is 0 Å². The van der Waals surface area contributed by atoms with Gasteiger partial charge in [-0.1, -0.05) is 6.58 Å². The molecule has 2 unspecified atom stereocenters. The fourth-order valence-corrected chi connectivity index (χ4v) is 4.07. The third kappa shape index (κ3) is 4.89. The molecule has 9 heteroatoms. The van der Waals surface area contributed by atoms with Gasteiger partial charge in [0.15, 0.2) is 5.72 Å². The maximum Gasteiger partial charge on any atom is 0.229 e. The van der Waals surface area contributed by atoms with Crippen LogP contribution in [0.3, 0.4) is 0 Å². The second-order valence-electron chi connectivity index (χ2n) is 8.13. The Balaban J connectivity index is 1.64. The largest absolute Gasteiger partial charge is 0.368 e. The number of aromatic nitrogens is 3. The molecule has 0 amide bonds. The minimum absolute atomic E-state index is 0.425. The smallest absolute Gasteiger partial charge is 0.229 e. The SMILES string of the molecule is C=CC(C)(O)Nc1ccc2c(ccn2-c2nc(Nc3ccc(S(C)(=N)=O)cc3)ncc2C)c1. The Kier molecular flexibility index (Phi) is 5.69. The molecule has 4 aromatic rings. The normalized spacial score (nSPS) is 14.9. The van der Waals surface area contributed by atoms with Crippen LogP contribution in [0.2, 0.25) is 0 Å². The lowest BCUT2D eigenvalue weighted by molar-refractivity contribution is 0.143. The number of hydrogen-bond donors (Lipinski definition) is 4. The maximum absolute atomic E-state index is 11.9. The summed E-state index contributed by atoms with van der Waals surface area (Å²) in [4.78, 5) is 9.56. The van der Waals surface area contributed by atoms with Gasteiger partial charge in [0.1, 0.15) is 5.82 Å². The number of anilines is 3. The van der Waals surface area contributed by atoms with E-state index in [-0.39, 0.29) is 0 Å². The van der Waals surface area contributed by atoms with Crippen LogP contribution in [0.15, 0.2) is 78.5 Å². The van der Waals surface area contributed by atoms with E-state index in [2.05, 4.69) is 22.2 Å². The summed E-state index contributed by atoms with van der Waals surface area (Å²) in [6.45, 7) is 7.22. The first-order chi connectivity index (χ1) is 15.6. The highest BCUT2D eigenvalue weighted by atomic mass is 32.2. The Labute approximate surface area is 193 Å². The van der Waals surface area contributed by atoms with Crippen LogP contribution in [-0.4, -0.2) is 35.8 Å². The number of nitrogens with one attached hydrogen (secondary N) is 3. The van der Waals surface area contributed by atoms with E-state index in [0.29, 0.717) is 10.8 Å². The van der Waals surface area contributed by atoms with Crippen molar-refractivity contribution < 1.29 is 9.32 Å². The van der Waals surface area contributed by atoms with Crippen molar-refractivity contribution in [3.05, 3.63) is 79.1 Å². The summed E-state index contributed by atoms with van der Waals surface area (Å²) in [5.74, 6) is 1.16. The molecule has 0 aliphatic carbocycles. The van der Waals surface area contributed by atoms with Crippen molar-refractivity contribution in [2.45, 2.75) is 24.5 Å². The summed E-state index contributed by atoms with van der Waals surface area (Å²) in [6, 6.07) is 14.7. The van der Waals surface area contributed by atoms with Crippen molar-refractivity contribution in [3.63, 3.8) is 0 Å². The van der Waals surface area contributed by atoms with Crippen LogP contribution < -0.4 is 10.6 Å². The average Bonchev–Trinajstić information content (AvgIpc) is 3.17. The fourth-order valence-electron chi connectivity index (χ4n) is 3.41. The van der Waals surface area contributed by atoms with E-state index < -0.39 is 15.5 Å².